The number of carbonyl (C=O) groups is 1. The van der Waals surface area contributed by atoms with Crippen LogP contribution < -0.4 is 10.5 Å². The molecule has 5 heteroatoms. The molecular formula is C16H25N3O2. The lowest BCUT2D eigenvalue weighted by atomic mass is 10.0. The second-order valence-electron chi connectivity index (χ2n) is 5.50. The second-order valence-corrected chi connectivity index (χ2v) is 5.50. The van der Waals surface area contributed by atoms with E-state index in [1.54, 1.807) is 7.11 Å². The molecule has 1 aromatic rings. The van der Waals surface area contributed by atoms with Crippen molar-refractivity contribution in [1.29, 1.82) is 0 Å². The van der Waals surface area contributed by atoms with Crippen molar-refractivity contribution in [1.82, 2.24) is 9.80 Å². The SMILES string of the molecule is COc1ccccc1C(CN)N(C)CC(=O)N1CCCC1. The van der Waals surface area contributed by atoms with Crippen molar-refractivity contribution in [2.24, 2.45) is 5.73 Å². The Morgan fingerprint density at radius 2 is 2.05 bits per heavy atom. The van der Waals surface area contributed by atoms with Gasteiger partial charge in [0.25, 0.3) is 0 Å². The molecule has 1 aliphatic heterocycles. The van der Waals surface area contributed by atoms with Gasteiger partial charge in [0, 0.05) is 25.2 Å². The summed E-state index contributed by atoms with van der Waals surface area (Å²) in [6, 6.07) is 7.82. The molecule has 1 amide bonds. The molecule has 1 fully saturated rings. The highest BCUT2D eigenvalue weighted by Crippen LogP contribution is 2.27. The van der Waals surface area contributed by atoms with Crippen molar-refractivity contribution >= 4 is 5.91 Å². The third-order valence-corrected chi connectivity index (χ3v) is 4.10. The van der Waals surface area contributed by atoms with E-state index in [-0.39, 0.29) is 11.9 Å². The number of nitrogens with zero attached hydrogens (tertiary/aromatic N) is 2. The van der Waals surface area contributed by atoms with Gasteiger partial charge in [0.15, 0.2) is 0 Å². The quantitative estimate of drug-likeness (QED) is 0.857. The van der Waals surface area contributed by atoms with E-state index in [0.717, 1.165) is 37.2 Å². The zero-order chi connectivity index (χ0) is 15.2. The molecule has 1 unspecified atom stereocenters. The third-order valence-electron chi connectivity index (χ3n) is 4.10. The van der Waals surface area contributed by atoms with E-state index < -0.39 is 0 Å². The molecule has 116 valence electrons. The fourth-order valence-electron chi connectivity index (χ4n) is 2.88. The molecule has 1 heterocycles. The Labute approximate surface area is 126 Å². The van der Waals surface area contributed by atoms with Gasteiger partial charge in [-0.1, -0.05) is 18.2 Å². The lowest BCUT2D eigenvalue weighted by molar-refractivity contribution is -0.131. The molecule has 0 aromatic heterocycles. The molecule has 2 rings (SSSR count). The van der Waals surface area contributed by atoms with E-state index in [0.29, 0.717) is 13.1 Å². The van der Waals surface area contributed by atoms with Gasteiger partial charge in [0.2, 0.25) is 5.91 Å². The van der Waals surface area contributed by atoms with Crippen LogP contribution in [0.1, 0.15) is 24.4 Å². The molecule has 0 radical (unpaired) electrons. The van der Waals surface area contributed by atoms with Crippen LogP contribution in [-0.4, -0.2) is 56.0 Å². The number of carbonyl (C=O) groups excluding carboxylic acids is 1. The van der Waals surface area contributed by atoms with Crippen LogP contribution in [0.2, 0.25) is 0 Å². The maximum atomic E-state index is 12.3. The topological polar surface area (TPSA) is 58.8 Å². The van der Waals surface area contributed by atoms with Gasteiger partial charge in [-0.3, -0.25) is 9.69 Å². The van der Waals surface area contributed by atoms with Crippen molar-refractivity contribution in [2.75, 3.05) is 40.3 Å². The monoisotopic (exact) mass is 291 g/mol. The average Bonchev–Trinajstić information content (AvgIpc) is 3.03. The zero-order valence-electron chi connectivity index (χ0n) is 12.9. The minimum atomic E-state index is -0.0206. The third kappa shape index (κ3) is 3.74. The first-order chi connectivity index (χ1) is 10.2. The summed E-state index contributed by atoms with van der Waals surface area (Å²) in [4.78, 5) is 16.2. The van der Waals surface area contributed by atoms with Gasteiger partial charge in [-0.05, 0) is 26.0 Å². The number of nitrogens with two attached hydrogens (primary N) is 1. The number of rotatable bonds is 6. The Morgan fingerprint density at radius 3 is 2.67 bits per heavy atom. The molecule has 5 nitrogen and oxygen atoms in total. The average molecular weight is 291 g/mol. The van der Waals surface area contributed by atoms with E-state index >= 15 is 0 Å². The first-order valence-electron chi connectivity index (χ1n) is 7.48. The molecule has 1 aromatic carbocycles. The number of methoxy groups -OCH3 is 1. The first-order valence-corrected chi connectivity index (χ1v) is 7.48. The van der Waals surface area contributed by atoms with Crippen molar-refractivity contribution in [3.05, 3.63) is 29.8 Å². The largest absolute Gasteiger partial charge is 0.496 e. The molecule has 0 saturated carbocycles. The Balaban J connectivity index is 2.07. The number of likely N-dealkylation sites (N-methyl/N-ethyl adjacent to an activating group) is 1. The number of likely N-dealkylation sites (tertiary alicyclic amines) is 1. The highest BCUT2D eigenvalue weighted by molar-refractivity contribution is 5.78. The van der Waals surface area contributed by atoms with E-state index in [2.05, 4.69) is 0 Å². The number of hydrogen-bond acceptors (Lipinski definition) is 4. The fraction of sp³-hybridized carbons (Fsp3) is 0.562. The summed E-state index contributed by atoms with van der Waals surface area (Å²) in [6.07, 6.45) is 2.23. The van der Waals surface area contributed by atoms with E-state index in [4.69, 9.17) is 10.5 Å². The lowest BCUT2D eigenvalue weighted by Gasteiger charge is -2.29. The Bertz CT molecular complexity index is 472. The van der Waals surface area contributed by atoms with Crippen molar-refractivity contribution in [2.45, 2.75) is 18.9 Å². The van der Waals surface area contributed by atoms with Crippen LogP contribution in [0.3, 0.4) is 0 Å². The van der Waals surface area contributed by atoms with Gasteiger partial charge in [-0.15, -0.1) is 0 Å². The molecule has 1 saturated heterocycles. The van der Waals surface area contributed by atoms with Gasteiger partial charge < -0.3 is 15.4 Å². The van der Waals surface area contributed by atoms with Crippen LogP contribution in [-0.2, 0) is 4.79 Å². The molecule has 2 N–H and O–H groups in total. The maximum Gasteiger partial charge on any atom is 0.236 e. The predicted octanol–water partition coefficient (Wildman–Crippen LogP) is 1.25. The molecule has 0 aliphatic carbocycles. The van der Waals surface area contributed by atoms with E-state index in [1.807, 2.05) is 41.1 Å². The van der Waals surface area contributed by atoms with Crippen LogP contribution >= 0.6 is 0 Å². The van der Waals surface area contributed by atoms with E-state index in [9.17, 15) is 4.79 Å². The minimum absolute atomic E-state index is 0.0206. The van der Waals surface area contributed by atoms with Crippen LogP contribution in [0.4, 0.5) is 0 Å². The van der Waals surface area contributed by atoms with E-state index in [1.165, 1.54) is 0 Å². The highest BCUT2D eigenvalue weighted by Gasteiger charge is 2.24. The lowest BCUT2D eigenvalue weighted by Crippen LogP contribution is -2.40. The minimum Gasteiger partial charge on any atom is -0.496 e. The van der Waals surface area contributed by atoms with Gasteiger partial charge in [-0.25, -0.2) is 0 Å². The van der Waals surface area contributed by atoms with Crippen LogP contribution in [0.25, 0.3) is 0 Å². The van der Waals surface area contributed by atoms with Crippen LogP contribution in [0.5, 0.6) is 5.75 Å². The second kappa shape index (κ2) is 7.43. The van der Waals surface area contributed by atoms with Crippen molar-refractivity contribution < 1.29 is 9.53 Å². The van der Waals surface area contributed by atoms with Gasteiger partial charge in [0.1, 0.15) is 5.75 Å². The Hall–Kier alpha value is -1.59. The summed E-state index contributed by atoms with van der Waals surface area (Å²) in [5, 5.41) is 0. The van der Waals surface area contributed by atoms with Crippen LogP contribution in [0.15, 0.2) is 24.3 Å². The maximum absolute atomic E-state index is 12.3. The Kier molecular flexibility index (Phi) is 5.59. The molecule has 1 atom stereocenters. The molecular weight excluding hydrogens is 266 g/mol. The smallest absolute Gasteiger partial charge is 0.236 e. The fourth-order valence-corrected chi connectivity index (χ4v) is 2.88. The number of amides is 1. The van der Waals surface area contributed by atoms with Crippen molar-refractivity contribution in [3.8, 4) is 5.75 Å². The van der Waals surface area contributed by atoms with Crippen molar-refractivity contribution in [3.63, 3.8) is 0 Å². The molecule has 1 aliphatic rings. The zero-order valence-corrected chi connectivity index (χ0v) is 12.9. The molecule has 0 spiro atoms. The normalized spacial score (nSPS) is 16.3. The summed E-state index contributed by atoms with van der Waals surface area (Å²) in [5.74, 6) is 0.997. The predicted molar refractivity (Wildman–Crippen MR) is 83.2 cm³/mol. The first kappa shape index (κ1) is 15.8. The highest BCUT2D eigenvalue weighted by atomic mass is 16.5. The number of para-hydroxylation sites is 1. The molecule has 21 heavy (non-hydrogen) atoms. The van der Waals surface area contributed by atoms with Gasteiger partial charge in [0.05, 0.1) is 19.7 Å². The number of ether oxygens (including phenoxy) is 1. The summed E-state index contributed by atoms with van der Waals surface area (Å²) in [5.41, 5.74) is 6.96. The Morgan fingerprint density at radius 1 is 1.38 bits per heavy atom. The molecule has 0 bridgehead atoms. The summed E-state index contributed by atoms with van der Waals surface area (Å²) in [7, 11) is 3.60. The number of benzene rings is 1. The number of hydrogen-bond donors (Lipinski definition) is 1. The summed E-state index contributed by atoms with van der Waals surface area (Å²) < 4.78 is 5.41. The van der Waals surface area contributed by atoms with Gasteiger partial charge >= 0.3 is 0 Å². The van der Waals surface area contributed by atoms with Crippen LogP contribution in [0, 0.1) is 0 Å². The summed E-state index contributed by atoms with van der Waals surface area (Å²) >= 11 is 0. The standard InChI is InChI=1S/C16H25N3O2/c1-18(12-16(20)19-9-5-6-10-19)14(11-17)13-7-3-4-8-15(13)21-2/h3-4,7-8,14H,5-6,9-12,17H2,1-2H3. The summed E-state index contributed by atoms with van der Waals surface area (Å²) in [6.45, 7) is 2.60. The van der Waals surface area contributed by atoms with Gasteiger partial charge in [-0.2, -0.15) is 0 Å².